The number of halogens is 1. The lowest BCUT2D eigenvalue weighted by atomic mass is 10.2. The van der Waals surface area contributed by atoms with Crippen molar-refractivity contribution in [1.82, 2.24) is 5.32 Å². The Labute approximate surface area is 107 Å². The van der Waals surface area contributed by atoms with Crippen molar-refractivity contribution < 1.29 is 14.3 Å². The standard InChI is InChI=1S/C11H11BrN2O3/c1-17-9-3-2-7(4-8(9)12)14-5-10(15)13-11(16)6-14/h2-4H,5-6H2,1H3,(H,13,15,16). The Balaban J connectivity index is 2.25. The summed E-state index contributed by atoms with van der Waals surface area (Å²) in [7, 11) is 1.58. The van der Waals surface area contributed by atoms with E-state index in [1.165, 1.54) is 0 Å². The van der Waals surface area contributed by atoms with Crippen molar-refractivity contribution in [3.8, 4) is 5.75 Å². The van der Waals surface area contributed by atoms with Crippen LogP contribution < -0.4 is 15.0 Å². The number of amides is 2. The van der Waals surface area contributed by atoms with Gasteiger partial charge in [0.25, 0.3) is 0 Å². The van der Waals surface area contributed by atoms with E-state index in [4.69, 9.17) is 4.74 Å². The van der Waals surface area contributed by atoms with Gasteiger partial charge in [0.2, 0.25) is 11.8 Å². The van der Waals surface area contributed by atoms with Crippen molar-refractivity contribution in [2.75, 3.05) is 25.1 Å². The van der Waals surface area contributed by atoms with Crippen molar-refractivity contribution in [2.24, 2.45) is 0 Å². The van der Waals surface area contributed by atoms with Gasteiger partial charge in [0.15, 0.2) is 0 Å². The van der Waals surface area contributed by atoms with Crippen molar-refractivity contribution in [3.05, 3.63) is 22.7 Å². The fourth-order valence-electron chi connectivity index (χ4n) is 1.67. The highest BCUT2D eigenvalue weighted by Crippen LogP contribution is 2.29. The van der Waals surface area contributed by atoms with Crippen molar-refractivity contribution in [2.45, 2.75) is 0 Å². The molecule has 0 saturated carbocycles. The van der Waals surface area contributed by atoms with Gasteiger partial charge in [-0.3, -0.25) is 14.9 Å². The van der Waals surface area contributed by atoms with E-state index in [1.54, 1.807) is 18.1 Å². The number of rotatable bonds is 2. The molecule has 1 aromatic carbocycles. The molecule has 1 heterocycles. The van der Waals surface area contributed by atoms with E-state index < -0.39 is 0 Å². The van der Waals surface area contributed by atoms with Crippen molar-refractivity contribution in [1.29, 1.82) is 0 Å². The van der Waals surface area contributed by atoms with Gasteiger partial charge < -0.3 is 9.64 Å². The Morgan fingerprint density at radius 3 is 2.47 bits per heavy atom. The van der Waals surface area contributed by atoms with Crippen LogP contribution in [-0.4, -0.2) is 32.0 Å². The molecule has 1 aliphatic rings. The molecule has 1 fully saturated rings. The first-order valence-electron chi connectivity index (χ1n) is 5.01. The lowest BCUT2D eigenvalue weighted by Gasteiger charge is -2.27. The van der Waals surface area contributed by atoms with Crippen LogP contribution in [0.2, 0.25) is 0 Å². The molecule has 0 aromatic heterocycles. The maximum Gasteiger partial charge on any atom is 0.246 e. The Morgan fingerprint density at radius 2 is 1.94 bits per heavy atom. The largest absolute Gasteiger partial charge is 0.496 e. The molecule has 6 heteroatoms. The Hall–Kier alpha value is -1.56. The second kappa shape index (κ2) is 4.75. The highest BCUT2D eigenvalue weighted by atomic mass is 79.9. The smallest absolute Gasteiger partial charge is 0.246 e. The van der Waals surface area contributed by atoms with Crippen LogP contribution in [0, 0.1) is 0 Å². The summed E-state index contributed by atoms with van der Waals surface area (Å²) in [5, 5.41) is 2.26. The molecule has 0 radical (unpaired) electrons. The number of nitrogens with zero attached hydrogens (tertiary/aromatic N) is 1. The zero-order valence-electron chi connectivity index (χ0n) is 9.20. The third-order valence-electron chi connectivity index (χ3n) is 2.45. The van der Waals surface area contributed by atoms with Gasteiger partial charge in [-0.25, -0.2) is 0 Å². The first kappa shape index (κ1) is 11.9. The molecule has 5 nitrogen and oxygen atoms in total. The van der Waals surface area contributed by atoms with Gasteiger partial charge >= 0.3 is 0 Å². The Bertz CT molecular complexity index is 460. The zero-order chi connectivity index (χ0) is 12.4. The molecular formula is C11H11BrN2O3. The number of methoxy groups -OCH3 is 1. The number of carbonyl (C=O) groups is 2. The van der Waals surface area contributed by atoms with Crippen molar-refractivity contribution >= 4 is 33.4 Å². The summed E-state index contributed by atoms with van der Waals surface area (Å²) in [5.74, 6) is 0.142. The highest BCUT2D eigenvalue weighted by Gasteiger charge is 2.22. The van der Waals surface area contributed by atoms with E-state index in [1.807, 2.05) is 12.1 Å². The molecule has 1 aliphatic heterocycles. The summed E-state index contributed by atoms with van der Waals surface area (Å²) in [6.45, 7) is 0.370. The van der Waals surface area contributed by atoms with Gasteiger partial charge in [-0.15, -0.1) is 0 Å². The van der Waals surface area contributed by atoms with E-state index in [2.05, 4.69) is 21.2 Å². The molecule has 1 saturated heterocycles. The van der Waals surface area contributed by atoms with Crippen LogP contribution in [-0.2, 0) is 9.59 Å². The fraction of sp³-hybridized carbons (Fsp3) is 0.273. The molecule has 90 valence electrons. The molecular weight excluding hydrogens is 288 g/mol. The number of anilines is 1. The molecule has 0 aliphatic carbocycles. The first-order chi connectivity index (χ1) is 8.10. The monoisotopic (exact) mass is 298 g/mol. The lowest BCUT2D eigenvalue weighted by molar-refractivity contribution is -0.130. The van der Waals surface area contributed by atoms with Gasteiger partial charge in [0.05, 0.1) is 24.7 Å². The minimum absolute atomic E-state index is 0.185. The first-order valence-corrected chi connectivity index (χ1v) is 5.80. The van der Waals surface area contributed by atoms with Gasteiger partial charge in [-0.05, 0) is 34.1 Å². The molecule has 0 spiro atoms. The molecule has 1 aromatic rings. The SMILES string of the molecule is COc1ccc(N2CC(=O)NC(=O)C2)cc1Br. The maximum atomic E-state index is 11.3. The average Bonchev–Trinajstić information content (AvgIpc) is 2.27. The van der Waals surface area contributed by atoms with E-state index in [-0.39, 0.29) is 24.9 Å². The number of carbonyl (C=O) groups excluding carboxylic acids is 2. The molecule has 0 unspecified atom stereocenters. The molecule has 17 heavy (non-hydrogen) atoms. The Kier molecular flexibility index (Phi) is 3.33. The number of imide groups is 1. The number of ether oxygens (including phenoxy) is 1. The van der Waals surface area contributed by atoms with Crippen molar-refractivity contribution in [3.63, 3.8) is 0 Å². The van der Waals surface area contributed by atoms with Crippen LogP contribution in [0.25, 0.3) is 0 Å². The zero-order valence-corrected chi connectivity index (χ0v) is 10.8. The van der Waals surface area contributed by atoms with E-state index >= 15 is 0 Å². The predicted molar refractivity (Wildman–Crippen MR) is 66.1 cm³/mol. The van der Waals surface area contributed by atoms with Gasteiger partial charge in [0, 0.05) is 5.69 Å². The molecule has 2 rings (SSSR count). The van der Waals surface area contributed by atoms with Crippen LogP contribution in [0.4, 0.5) is 5.69 Å². The van der Waals surface area contributed by atoms with E-state index in [0.29, 0.717) is 5.75 Å². The molecule has 2 amide bonds. The number of piperazine rings is 1. The fourth-order valence-corrected chi connectivity index (χ4v) is 2.20. The van der Waals surface area contributed by atoms with Crippen LogP contribution >= 0.6 is 15.9 Å². The lowest BCUT2D eigenvalue weighted by Crippen LogP contribution is -2.51. The van der Waals surface area contributed by atoms with Crippen LogP contribution in [0.1, 0.15) is 0 Å². The van der Waals surface area contributed by atoms with E-state index in [9.17, 15) is 9.59 Å². The summed E-state index contributed by atoms with van der Waals surface area (Å²) < 4.78 is 5.91. The normalized spacial score (nSPS) is 15.8. The third-order valence-corrected chi connectivity index (χ3v) is 3.07. The average molecular weight is 299 g/mol. The van der Waals surface area contributed by atoms with E-state index in [0.717, 1.165) is 10.2 Å². The van der Waals surface area contributed by atoms with Crippen LogP contribution in [0.5, 0.6) is 5.75 Å². The quantitative estimate of drug-likeness (QED) is 0.825. The van der Waals surface area contributed by atoms with Gasteiger partial charge in [0.1, 0.15) is 5.75 Å². The maximum absolute atomic E-state index is 11.3. The van der Waals surface area contributed by atoms with Crippen LogP contribution in [0.15, 0.2) is 22.7 Å². The minimum Gasteiger partial charge on any atom is -0.496 e. The van der Waals surface area contributed by atoms with Gasteiger partial charge in [-0.2, -0.15) is 0 Å². The van der Waals surface area contributed by atoms with Gasteiger partial charge in [-0.1, -0.05) is 0 Å². The summed E-state index contributed by atoms with van der Waals surface area (Å²) >= 11 is 3.37. The third kappa shape index (κ3) is 2.58. The summed E-state index contributed by atoms with van der Waals surface area (Å²) in [5.41, 5.74) is 0.806. The summed E-state index contributed by atoms with van der Waals surface area (Å²) in [4.78, 5) is 24.2. The summed E-state index contributed by atoms with van der Waals surface area (Å²) in [6, 6.07) is 5.43. The summed E-state index contributed by atoms with van der Waals surface area (Å²) in [6.07, 6.45) is 0. The highest BCUT2D eigenvalue weighted by molar-refractivity contribution is 9.10. The predicted octanol–water partition coefficient (Wildman–Crippen LogP) is 0.920. The number of hydrogen-bond acceptors (Lipinski definition) is 4. The number of nitrogens with one attached hydrogen (secondary N) is 1. The second-order valence-corrected chi connectivity index (χ2v) is 4.50. The Morgan fingerprint density at radius 1 is 1.29 bits per heavy atom. The second-order valence-electron chi connectivity index (χ2n) is 3.65. The molecule has 1 N–H and O–H groups in total. The van der Waals surface area contributed by atoms with Crippen LogP contribution in [0.3, 0.4) is 0 Å². The number of benzene rings is 1. The minimum atomic E-state index is -0.284. The molecule has 0 atom stereocenters. The molecule has 0 bridgehead atoms. The number of hydrogen-bond donors (Lipinski definition) is 1. The topological polar surface area (TPSA) is 58.6 Å².